The minimum atomic E-state index is -3.52. The average Bonchev–Trinajstić information content (AvgIpc) is 2.54. The first-order valence-electron chi connectivity index (χ1n) is 7.75. The zero-order valence-corrected chi connectivity index (χ0v) is 14.5. The summed E-state index contributed by atoms with van der Waals surface area (Å²) in [6, 6.07) is 6.77. The lowest BCUT2D eigenvalue weighted by Crippen LogP contribution is -2.35. The topological polar surface area (TPSA) is 50.3 Å². The van der Waals surface area contributed by atoms with Gasteiger partial charge in [0.2, 0.25) is 10.0 Å². The van der Waals surface area contributed by atoms with Crippen molar-refractivity contribution in [2.75, 3.05) is 13.1 Å². The number of benzene rings is 1. The first-order chi connectivity index (χ1) is 11.4. The standard InChI is InChI=1S/C18H19FN2O2S/c1-13-3-4-18(14(2)9-13)24(22,23)21-7-5-15(6-8-21)16-10-17(19)12-20-11-16/h3-5,9-12H,6-8H2,1-2H3. The second-order valence-electron chi connectivity index (χ2n) is 6.00. The highest BCUT2D eigenvalue weighted by Crippen LogP contribution is 2.27. The number of hydrogen-bond donors (Lipinski definition) is 0. The van der Waals surface area contributed by atoms with Crippen LogP contribution in [0, 0.1) is 19.7 Å². The van der Waals surface area contributed by atoms with E-state index in [4.69, 9.17) is 0 Å². The van der Waals surface area contributed by atoms with Gasteiger partial charge in [0.1, 0.15) is 5.82 Å². The lowest BCUT2D eigenvalue weighted by molar-refractivity contribution is 0.440. The second kappa shape index (κ2) is 6.45. The third-order valence-corrected chi connectivity index (χ3v) is 6.22. The van der Waals surface area contributed by atoms with Gasteiger partial charge in [0.25, 0.3) is 0 Å². The predicted octanol–water partition coefficient (Wildman–Crippen LogP) is 3.32. The molecule has 0 radical (unpaired) electrons. The zero-order chi connectivity index (χ0) is 17.3. The number of hydrogen-bond acceptors (Lipinski definition) is 3. The molecular formula is C18H19FN2O2S. The van der Waals surface area contributed by atoms with Crippen molar-refractivity contribution in [2.24, 2.45) is 0 Å². The maximum absolute atomic E-state index is 13.3. The minimum absolute atomic E-state index is 0.279. The summed E-state index contributed by atoms with van der Waals surface area (Å²) in [6.07, 6.45) is 5.13. The first kappa shape index (κ1) is 16.8. The summed E-state index contributed by atoms with van der Waals surface area (Å²) >= 11 is 0. The molecule has 3 rings (SSSR count). The molecule has 1 aliphatic rings. The van der Waals surface area contributed by atoms with Crippen molar-refractivity contribution in [2.45, 2.75) is 25.2 Å². The van der Waals surface area contributed by atoms with E-state index in [0.29, 0.717) is 23.4 Å². The fourth-order valence-electron chi connectivity index (χ4n) is 2.95. The van der Waals surface area contributed by atoms with Crippen LogP contribution in [0.25, 0.3) is 5.57 Å². The van der Waals surface area contributed by atoms with Crippen LogP contribution in [-0.4, -0.2) is 30.8 Å². The summed E-state index contributed by atoms with van der Waals surface area (Å²) in [5, 5.41) is 0. The normalized spacial score (nSPS) is 16.0. The molecule has 0 saturated carbocycles. The molecule has 0 bridgehead atoms. The number of aryl methyl sites for hydroxylation is 2. The summed E-state index contributed by atoms with van der Waals surface area (Å²) in [6.45, 7) is 4.40. The van der Waals surface area contributed by atoms with E-state index in [9.17, 15) is 12.8 Å². The quantitative estimate of drug-likeness (QED) is 0.857. The van der Waals surface area contributed by atoms with Crippen LogP contribution in [0.2, 0.25) is 0 Å². The third-order valence-electron chi connectivity index (χ3n) is 4.20. The molecule has 0 amide bonds. The Morgan fingerprint density at radius 1 is 1.17 bits per heavy atom. The van der Waals surface area contributed by atoms with E-state index in [1.54, 1.807) is 12.3 Å². The van der Waals surface area contributed by atoms with Crippen molar-refractivity contribution in [1.29, 1.82) is 0 Å². The second-order valence-corrected chi connectivity index (χ2v) is 7.91. The van der Waals surface area contributed by atoms with Crippen LogP contribution in [0.5, 0.6) is 0 Å². The lowest BCUT2D eigenvalue weighted by Gasteiger charge is -2.26. The van der Waals surface area contributed by atoms with Crippen LogP contribution in [0.15, 0.2) is 47.6 Å². The maximum Gasteiger partial charge on any atom is 0.243 e. The van der Waals surface area contributed by atoms with E-state index in [1.807, 2.05) is 32.1 Å². The van der Waals surface area contributed by atoms with Gasteiger partial charge in [-0.25, -0.2) is 12.8 Å². The van der Waals surface area contributed by atoms with Crippen LogP contribution >= 0.6 is 0 Å². The van der Waals surface area contributed by atoms with Gasteiger partial charge in [0, 0.05) is 19.3 Å². The Labute approximate surface area is 141 Å². The summed E-state index contributed by atoms with van der Waals surface area (Å²) < 4.78 is 40.4. The lowest BCUT2D eigenvalue weighted by atomic mass is 10.0. The number of sulfonamides is 1. The molecule has 0 spiro atoms. The molecule has 1 aromatic carbocycles. The van der Waals surface area contributed by atoms with Gasteiger partial charge in [0.15, 0.2) is 0 Å². The largest absolute Gasteiger partial charge is 0.261 e. The SMILES string of the molecule is Cc1ccc(S(=O)(=O)N2CC=C(c3cncc(F)c3)CC2)c(C)c1. The molecule has 2 aromatic rings. The van der Waals surface area contributed by atoms with Crippen molar-refractivity contribution in [3.8, 4) is 0 Å². The predicted molar refractivity (Wildman–Crippen MR) is 91.5 cm³/mol. The number of halogens is 1. The van der Waals surface area contributed by atoms with Crippen molar-refractivity contribution in [1.82, 2.24) is 9.29 Å². The van der Waals surface area contributed by atoms with Gasteiger partial charge < -0.3 is 0 Å². The van der Waals surface area contributed by atoms with Crippen LogP contribution in [0.4, 0.5) is 4.39 Å². The van der Waals surface area contributed by atoms with E-state index in [0.717, 1.165) is 22.9 Å². The van der Waals surface area contributed by atoms with Crippen molar-refractivity contribution in [3.05, 3.63) is 65.2 Å². The van der Waals surface area contributed by atoms with Crippen LogP contribution in [-0.2, 0) is 10.0 Å². The highest BCUT2D eigenvalue weighted by molar-refractivity contribution is 7.89. The van der Waals surface area contributed by atoms with Crippen LogP contribution in [0.1, 0.15) is 23.1 Å². The van der Waals surface area contributed by atoms with Crippen molar-refractivity contribution < 1.29 is 12.8 Å². The Kier molecular flexibility index (Phi) is 4.51. The fraction of sp³-hybridized carbons (Fsp3) is 0.278. The number of pyridine rings is 1. The van der Waals surface area contributed by atoms with E-state index in [-0.39, 0.29) is 6.54 Å². The highest BCUT2D eigenvalue weighted by atomic mass is 32.2. The number of rotatable bonds is 3. The minimum Gasteiger partial charge on any atom is -0.261 e. The molecule has 24 heavy (non-hydrogen) atoms. The molecule has 1 aliphatic heterocycles. The highest BCUT2D eigenvalue weighted by Gasteiger charge is 2.27. The zero-order valence-electron chi connectivity index (χ0n) is 13.7. The summed E-state index contributed by atoms with van der Waals surface area (Å²) in [5.74, 6) is -0.390. The molecule has 0 unspecified atom stereocenters. The Hall–Kier alpha value is -2.05. The fourth-order valence-corrected chi connectivity index (χ4v) is 4.53. The monoisotopic (exact) mass is 346 g/mol. The molecule has 0 atom stereocenters. The number of aromatic nitrogens is 1. The molecule has 0 aliphatic carbocycles. The molecule has 0 N–H and O–H groups in total. The number of nitrogens with zero attached hydrogens (tertiary/aromatic N) is 2. The Morgan fingerprint density at radius 3 is 2.58 bits per heavy atom. The Bertz CT molecular complexity index is 907. The van der Waals surface area contributed by atoms with E-state index >= 15 is 0 Å². The smallest absolute Gasteiger partial charge is 0.243 e. The van der Waals surface area contributed by atoms with Crippen LogP contribution in [0.3, 0.4) is 0 Å². The van der Waals surface area contributed by atoms with E-state index in [1.165, 1.54) is 10.4 Å². The van der Waals surface area contributed by atoms with Gasteiger partial charge in [-0.15, -0.1) is 0 Å². The summed E-state index contributed by atoms with van der Waals surface area (Å²) in [5.41, 5.74) is 3.41. The maximum atomic E-state index is 13.3. The van der Waals surface area contributed by atoms with Gasteiger partial charge in [-0.1, -0.05) is 23.8 Å². The molecule has 2 heterocycles. The third kappa shape index (κ3) is 3.25. The van der Waals surface area contributed by atoms with Gasteiger partial charge in [-0.2, -0.15) is 4.31 Å². The molecule has 6 heteroatoms. The van der Waals surface area contributed by atoms with E-state index < -0.39 is 15.8 Å². The molecule has 4 nitrogen and oxygen atoms in total. The average molecular weight is 346 g/mol. The summed E-state index contributed by atoms with van der Waals surface area (Å²) in [4.78, 5) is 4.19. The molecule has 0 saturated heterocycles. The Balaban J connectivity index is 1.85. The molecule has 1 aromatic heterocycles. The van der Waals surface area contributed by atoms with Gasteiger partial charge in [-0.3, -0.25) is 4.98 Å². The van der Waals surface area contributed by atoms with Gasteiger partial charge >= 0.3 is 0 Å². The van der Waals surface area contributed by atoms with Gasteiger partial charge in [0.05, 0.1) is 11.1 Å². The van der Waals surface area contributed by atoms with Crippen molar-refractivity contribution in [3.63, 3.8) is 0 Å². The molecule has 126 valence electrons. The van der Waals surface area contributed by atoms with Crippen LogP contribution < -0.4 is 0 Å². The molecular weight excluding hydrogens is 327 g/mol. The van der Waals surface area contributed by atoms with Gasteiger partial charge in [-0.05, 0) is 49.1 Å². The summed E-state index contributed by atoms with van der Waals surface area (Å²) in [7, 11) is -3.52. The first-order valence-corrected chi connectivity index (χ1v) is 9.19. The Morgan fingerprint density at radius 2 is 1.96 bits per heavy atom. The molecule has 0 fully saturated rings. The van der Waals surface area contributed by atoms with E-state index in [2.05, 4.69) is 4.98 Å². The van der Waals surface area contributed by atoms with Crippen molar-refractivity contribution >= 4 is 15.6 Å².